The van der Waals surface area contributed by atoms with E-state index in [1.165, 1.54) is 11.8 Å². The Labute approximate surface area is 120 Å². The zero-order valence-corrected chi connectivity index (χ0v) is 11.3. The summed E-state index contributed by atoms with van der Waals surface area (Å²) in [4.78, 5) is 16.8. The summed E-state index contributed by atoms with van der Waals surface area (Å²) in [5.74, 6) is -1.18. The van der Waals surface area contributed by atoms with E-state index in [9.17, 15) is 9.90 Å². The molecule has 0 radical (unpaired) electrons. The van der Waals surface area contributed by atoms with E-state index in [4.69, 9.17) is 0 Å². The highest BCUT2D eigenvalue weighted by molar-refractivity contribution is 7.99. The molecular formula is C16H10NO2S-. The Balaban J connectivity index is 2.10. The summed E-state index contributed by atoms with van der Waals surface area (Å²) >= 11 is 1.43. The Morgan fingerprint density at radius 3 is 2.45 bits per heavy atom. The van der Waals surface area contributed by atoms with Gasteiger partial charge in [-0.1, -0.05) is 48.2 Å². The average Bonchev–Trinajstić information content (AvgIpc) is 2.47. The van der Waals surface area contributed by atoms with Gasteiger partial charge in [-0.15, -0.1) is 0 Å². The van der Waals surface area contributed by atoms with Gasteiger partial charge in [0.2, 0.25) is 0 Å². The summed E-state index contributed by atoms with van der Waals surface area (Å²) in [5.41, 5.74) is 0.835. The SMILES string of the molecule is O=C([O-])c1cc(Sc2ccccc2)nc2ccccc12. The van der Waals surface area contributed by atoms with Crippen LogP contribution in [0.3, 0.4) is 0 Å². The number of para-hydroxylation sites is 1. The van der Waals surface area contributed by atoms with E-state index in [0.29, 0.717) is 15.9 Å². The monoisotopic (exact) mass is 280 g/mol. The summed E-state index contributed by atoms with van der Waals surface area (Å²) < 4.78 is 0. The number of aromatic carboxylic acids is 1. The van der Waals surface area contributed by atoms with Gasteiger partial charge in [0.15, 0.2) is 0 Å². The van der Waals surface area contributed by atoms with Gasteiger partial charge in [-0.3, -0.25) is 0 Å². The van der Waals surface area contributed by atoms with Crippen molar-refractivity contribution < 1.29 is 9.90 Å². The summed E-state index contributed by atoms with van der Waals surface area (Å²) in [6.45, 7) is 0. The molecule has 0 bridgehead atoms. The molecule has 1 aromatic heterocycles. The van der Waals surface area contributed by atoms with Crippen molar-refractivity contribution in [2.24, 2.45) is 0 Å². The summed E-state index contributed by atoms with van der Waals surface area (Å²) in [6.07, 6.45) is 0. The number of carboxylic acids is 1. The van der Waals surface area contributed by atoms with Gasteiger partial charge in [0.1, 0.15) is 5.03 Å². The molecule has 98 valence electrons. The molecule has 3 rings (SSSR count). The van der Waals surface area contributed by atoms with Crippen molar-refractivity contribution in [3.05, 3.63) is 66.2 Å². The average molecular weight is 280 g/mol. The molecule has 0 amide bonds. The Hall–Kier alpha value is -2.33. The van der Waals surface area contributed by atoms with Crippen LogP contribution in [-0.4, -0.2) is 11.0 Å². The number of aromatic nitrogens is 1. The zero-order valence-electron chi connectivity index (χ0n) is 10.4. The van der Waals surface area contributed by atoms with Gasteiger partial charge in [-0.25, -0.2) is 4.98 Å². The molecule has 4 heteroatoms. The molecule has 0 spiro atoms. The van der Waals surface area contributed by atoms with Crippen LogP contribution in [0.25, 0.3) is 10.9 Å². The van der Waals surface area contributed by atoms with Gasteiger partial charge in [0.25, 0.3) is 0 Å². The molecule has 20 heavy (non-hydrogen) atoms. The summed E-state index contributed by atoms with van der Waals surface area (Å²) in [5, 5.41) is 12.5. The van der Waals surface area contributed by atoms with Gasteiger partial charge in [-0.05, 0) is 24.3 Å². The number of rotatable bonds is 3. The first kappa shape index (κ1) is 12.7. The van der Waals surface area contributed by atoms with E-state index < -0.39 is 5.97 Å². The second-order valence-electron chi connectivity index (χ2n) is 4.23. The standard InChI is InChI=1S/C16H11NO2S/c18-16(19)13-10-15(20-11-6-2-1-3-7-11)17-14-9-5-4-8-12(13)14/h1-10H,(H,18,19)/p-1. The molecule has 0 aliphatic heterocycles. The largest absolute Gasteiger partial charge is 0.545 e. The number of benzene rings is 2. The number of carboxylic acid groups (broad SMARTS) is 1. The second-order valence-corrected chi connectivity index (χ2v) is 5.32. The minimum atomic E-state index is -1.18. The molecule has 0 atom stereocenters. The minimum Gasteiger partial charge on any atom is -0.545 e. The van der Waals surface area contributed by atoms with Crippen LogP contribution in [0, 0.1) is 0 Å². The molecule has 0 saturated heterocycles. The number of nitrogens with zero attached hydrogens (tertiary/aromatic N) is 1. The lowest BCUT2D eigenvalue weighted by molar-refractivity contribution is -0.254. The van der Waals surface area contributed by atoms with Crippen molar-refractivity contribution in [3.8, 4) is 0 Å². The molecular weight excluding hydrogens is 270 g/mol. The van der Waals surface area contributed by atoms with Crippen molar-refractivity contribution >= 4 is 28.6 Å². The smallest absolute Gasteiger partial charge is 0.102 e. The van der Waals surface area contributed by atoms with E-state index in [1.54, 1.807) is 24.3 Å². The van der Waals surface area contributed by atoms with Crippen molar-refractivity contribution in [1.82, 2.24) is 4.98 Å². The van der Waals surface area contributed by atoms with Gasteiger partial charge >= 0.3 is 0 Å². The quantitative estimate of drug-likeness (QED) is 0.740. The fourth-order valence-electron chi connectivity index (χ4n) is 1.98. The number of fused-ring (bicyclic) bond motifs is 1. The lowest BCUT2D eigenvalue weighted by Gasteiger charge is -2.10. The fourth-order valence-corrected chi connectivity index (χ4v) is 2.84. The third-order valence-corrected chi connectivity index (χ3v) is 3.80. The van der Waals surface area contributed by atoms with Gasteiger partial charge < -0.3 is 9.90 Å². The summed E-state index contributed by atoms with van der Waals surface area (Å²) in [6, 6.07) is 18.5. The third kappa shape index (κ3) is 2.51. The molecule has 0 saturated carbocycles. The molecule has 0 unspecified atom stereocenters. The van der Waals surface area contributed by atoms with Gasteiger partial charge in [0, 0.05) is 15.8 Å². The third-order valence-electron chi connectivity index (χ3n) is 2.88. The first-order valence-corrected chi connectivity index (χ1v) is 6.90. The molecule has 2 aromatic carbocycles. The first-order chi connectivity index (χ1) is 9.74. The Kier molecular flexibility index (Phi) is 3.39. The molecule has 0 aliphatic rings. The van der Waals surface area contributed by atoms with Crippen LogP contribution in [0.1, 0.15) is 10.4 Å². The van der Waals surface area contributed by atoms with E-state index in [1.807, 2.05) is 36.4 Å². The molecule has 0 N–H and O–H groups in total. The lowest BCUT2D eigenvalue weighted by Crippen LogP contribution is -2.22. The maximum Gasteiger partial charge on any atom is 0.102 e. The Bertz CT molecular complexity index is 772. The normalized spacial score (nSPS) is 10.6. The number of pyridine rings is 1. The fraction of sp³-hybridized carbons (Fsp3) is 0. The molecule has 0 aliphatic carbocycles. The van der Waals surface area contributed by atoms with Crippen LogP contribution in [-0.2, 0) is 0 Å². The first-order valence-electron chi connectivity index (χ1n) is 6.08. The van der Waals surface area contributed by atoms with Crippen molar-refractivity contribution in [3.63, 3.8) is 0 Å². The minimum absolute atomic E-state index is 0.175. The van der Waals surface area contributed by atoms with Crippen LogP contribution in [0.4, 0.5) is 0 Å². The van der Waals surface area contributed by atoms with Crippen molar-refractivity contribution in [1.29, 1.82) is 0 Å². The van der Waals surface area contributed by atoms with Crippen LogP contribution in [0.2, 0.25) is 0 Å². The highest BCUT2D eigenvalue weighted by Gasteiger charge is 2.07. The van der Waals surface area contributed by atoms with Crippen LogP contribution in [0.15, 0.2) is 70.6 Å². The topological polar surface area (TPSA) is 53.0 Å². The predicted octanol–water partition coefficient (Wildman–Crippen LogP) is 2.75. The Morgan fingerprint density at radius 1 is 1.00 bits per heavy atom. The summed E-state index contributed by atoms with van der Waals surface area (Å²) in [7, 11) is 0. The zero-order chi connectivity index (χ0) is 13.9. The molecule has 3 aromatic rings. The van der Waals surface area contributed by atoms with Crippen LogP contribution < -0.4 is 5.11 Å². The molecule has 3 nitrogen and oxygen atoms in total. The number of hydrogen-bond donors (Lipinski definition) is 0. The number of hydrogen-bond acceptors (Lipinski definition) is 4. The van der Waals surface area contributed by atoms with Crippen molar-refractivity contribution in [2.45, 2.75) is 9.92 Å². The maximum atomic E-state index is 11.3. The van der Waals surface area contributed by atoms with Gasteiger partial charge in [0.05, 0.1) is 11.5 Å². The Morgan fingerprint density at radius 2 is 1.70 bits per heavy atom. The molecule has 1 heterocycles. The lowest BCUT2D eigenvalue weighted by atomic mass is 10.1. The van der Waals surface area contributed by atoms with Crippen molar-refractivity contribution in [2.75, 3.05) is 0 Å². The predicted molar refractivity (Wildman–Crippen MR) is 76.6 cm³/mol. The molecule has 0 fully saturated rings. The van der Waals surface area contributed by atoms with E-state index >= 15 is 0 Å². The van der Waals surface area contributed by atoms with E-state index in [0.717, 1.165) is 4.90 Å². The number of carbonyl (C=O) groups excluding carboxylic acids is 1. The van der Waals surface area contributed by atoms with E-state index in [-0.39, 0.29) is 5.56 Å². The van der Waals surface area contributed by atoms with Crippen LogP contribution >= 0.6 is 11.8 Å². The maximum absolute atomic E-state index is 11.3. The highest BCUT2D eigenvalue weighted by atomic mass is 32.2. The second kappa shape index (κ2) is 5.35. The van der Waals surface area contributed by atoms with E-state index in [2.05, 4.69) is 4.98 Å². The highest BCUT2D eigenvalue weighted by Crippen LogP contribution is 2.29. The van der Waals surface area contributed by atoms with Gasteiger partial charge in [-0.2, -0.15) is 0 Å². The number of carbonyl (C=O) groups is 1. The van der Waals surface area contributed by atoms with Crippen LogP contribution in [0.5, 0.6) is 0 Å².